The van der Waals surface area contributed by atoms with Crippen molar-refractivity contribution in [2.45, 2.75) is 0 Å². The first-order chi connectivity index (χ1) is 2.81. The van der Waals surface area contributed by atoms with Crippen LogP contribution in [0.4, 0.5) is 0 Å². The van der Waals surface area contributed by atoms with Crippen LogP contribution in [0.15, 0.2) is 0 Å². The van der Waals surface area contributed by atoms with Gasteiger partial charge in [0, 0.05) is 0 Å². The molecule has 8 heavy (non-hydrogen) atoms. The molecule has 0 bridgehead atoms. The Bertz CT molecular complexity index is 55.2. The first-order valence-electron chi connectivity index (χ1n) is 1.23. The summed E-state index contributed by atoms with van der Waals surface area (Å²) in [5.74, 6) is -0.836. The third kappa shape index (κ3) is 10.3. The number of aliphatic hydroxyl groups is 1. The number of rotatable bonds is 1. The fourth-order valence-corrected chi connectivity index (χ4v) is 0.0732. The van der Waals surface area contributed by atoms with Crippen molar-refractivity contribution in [2.75, 3.05) is 6.61 Å². The normalized spacial score (nSPS) is 5.75. The van der Waals surface area contributed by atoms with E-state index in [9.17, 15) is 4.79 Å². The Balaban J connectivity index is -0.000000125. The molecule has 0 rings (SSSR count). The molecule has 3 nitrogen and oxygen atoms in total. The van der Waals surface area contributed by atoms with Crippen molar-refractivity contribution in [3.63, 3.8) is 0 Å². The predicted octanol–water partition coefficient (Wildman–Crippen LogP) is -2.16. The molecule has 0 aliphatic rings. The van der Waals surface area contributed by atoms with Crippen LogP contribution in [0.5, 0.6) is 0 Å². The van der Waals surface area contributed by atoms with Crippen LogP contribution in [0.25, 0.3) is 0 Å². The van der Waals surface area contributed by atoms with Crippen LogP contribution in [-0.4, -0.2) is 64.6 Å². The topological polar surface area (TPSA) is 46.5 Å². The van der Waals surface area contributed by atoms with E-state index in [0.29, 0.717) is 0 Å². The summed E-state index contributed by atoms with van der Waals surface area (Å²) >= 11 is 4.44. The predicted molar refractivity (Wildman–Crippen MR) is 36.1 cm³/mol. The average Bonchev–Trinajstić information content (AvgIpc) is 1.65. The standard InChI is InChI=1S/C2H3ClO3.Al.Na.4H/c3-6-2(5)1-4;;;;;;/h4H,1H2;;;;;;. The van der Waals surface area contributed by atoms with Gasteiger partial charge < -0.3 is 9.40 Å². The van der Waals surface area contributed by atoms with Crippen molar-refractivity contribution in [3.05, 3.63) is 0 Å². The molecule has 0 amide bonds. The van der Waals surface area contributed by atoms with E-state index in [0.717, 1.165) is 0 Å². The molecule has 0 heterocycles. The van der Waals surface area contributed by atoms with E-state index >= 15 is 0 Å². The maximum atomic E-state index is 9.58. The van der Waals surface area contributed by atoms with Gasteiger partial charge in [0.2, 0.25) is 0 Å². The molecule has 0 aliphatic carbocycles. The number of aliphatic hydroxyl groups excluding tert-OH is 1. The van der Waals surface area contributed by atoms with E-state index in [1.54, 1.807) is 0 Å². The fourth-order valence-electron chi connectivity index (χ4n) is 0.0244. The number of carbonyl (C=O) groups excluding carboxylic acids is 1. The second kappa shape index (κ2) is 11.1. The number of carbonyl (C=O) groups is 1. The van der Waals surface area contributed by atoms with Crippen LogP contribution in [0.2, 0.25) is 0 Å². The van der Waals surface area contributed by atoms with Gasteiger partial charge in [-0.25, -0.2) is 4.79 Å². The summed E-state index contributed by atoms with van der Waals surface area (Å²) in [4.78, 5) is 9.58. The molecule has 0 fully saturated rings. The molecule has 1 N–H and O–H groups in total. The van der Waals surface area contributed by atoms with Crippen molar-refractivity contribution in [2.24, 2.45) is 0 Å². The van der Waals surface area contributed by atoms with Gasteiger partial charge in [0.1, 0.15) is 18.5 Å². The summed E-state index contributed by atoms with van der Waals surface area (Å²) in [7, 11) is 0. The zero-order valence-electron chi connectivity index (χ0n) is 2.85. The first-order valence-corrected chi connectivity index (χ1v) is 1.54. The van der Waals surface area contributed by atoms with Crippen molar-refractivity contribution in [1.82, 2.24) is 0 Å². The van der Waals surface area contributed by atoms with Crippen molar-refractivity contribution >= 4 is 64.8 Å². The molecule has 0 unspecified atom stereocenters. The summed E-state index contributed by atoms with van der Waals surface area (Å²) in [6.45, 7) is -0.663. The quantitative estimate of drug-likeness (QED) is 0.450. The third-order valence-electron chi connectivity index (χ3n) is 0.215. The molecule has 0 radical (unpaired) electrons. The van der Waals surface area contributed by atoms with Gasteiger partial charge in [0.25, 0.3) is 0 Å². The van der Waals surface area contributed by atoms with Gasteiger partial charge >= 0.3 is 35.5 Å². The summed E-state index contributed by atoms with van der Waals surface area (Å²) < 4.78 is 3.48. The number of hydrogen-bond donors (Lipinski definition) is 1. The molecule has 0 aromatic rings. The van der Waals surface area contributed by atoms with E-state index in [1.807, 2.05) is 0 Å². The Labute approximate surface area is 84.9 Å². The second-order valence-electron chi connectivity index (χ2n) is 0.607. The van der Waals surface area contributed by atoms with Gasteiger partial charge in [0.05, 0.1) is 0 Å². The van der Waals surface area contributed by atoms with Crippen LogP contribution < -0.4 is 0 Å². The molecular weight excluding hydrogens is 157 g/mol. The van der Waals surface area contributed by atoms with Crippen molar-refractivity contribution in [3.8, 4) is 0 Å². The Morgan fingerprint density at radius 3 is 2.12 bits per heavy atom. The van der Waals surface area contributed by atoms with Gasteiger partial charge in [-0.05, 0) is 0 Å². The maximum absolute atomic E-state index is 9.58. The minimum absolute atomic E-state index is 0. The third-order valence-corrected chi connectivity index (χ3v) is 0.387. The molecule has 0 aromatic carbocycles. The van der Waals surface area contributed by atoms with E-state index < -0.39 is 12.6 Å². The second-order valence-corrected chi connectivity index (χ2v) is 0.762. The Kier molecular flexibility index (Phi) is 22.4. The molecule has 0 saturated carbocycles. The molecule has 6 heteroatoms. The zero-order valence-corrected chi connectivity index (χ0v) is 3.60. The van der Waals surface area contributed by atoms with Gasteiger partial charge in [-0.3, -0.25) is 0 Å². The van der Waals surface area contributed by atoms with Crippen molar-refractivity contribution < 1.29 is 14.2 Å². The van der Waals surface area contributed by atoms with E-state index in [2.05, 4.69) is 16.2 Å². The molecule has 0 atom stereocenters. The first kappa shape index (κ1) is 16.1. The number of halogens is 1. The minimum atomic E-state index is -0.836. The van der Waals surface area contributed by atoms with Crippen LogP contribution in [0.3, 0.4) is 0 Å². The van der Waals surface area contributed by atoms with Gasteiger partial charge in [-0.2, -0.15) is 0 Å². The van der Waals surface area contributed by atoms with Crippen LogP contribution in [-0.2, 0) is 9.08 Å². The molecular formula is C2H7AlClNaO3. The van der Waals surface area contributed by atoms with Gasteiger partial charge in [-0.1, -0.05) is 0 Å². The van der Waals surface area contributed by atoms with Gasteiger partial charge in [0.15, 0.2) is 17.4 Å². The number of hydrogen-bond acceptors (Lipinski definition) is 3. The monoisotopic (exact) mass is 164 g/mol. The Morgan fingerprint density at radius 1 is 1.75 bits per heavy atom. The summed E-state index contributed by atoms with van der Waals surface area (Å²) in [6, 6.07) is 0. The molecule has 0 aromatic heterocycles. The van der Waals surface area contributed by atoms with Crippen LogP contribution >= 0.6 is 11.9 Å². The van der Waals surface area contributed by atoms with E-state index in [4.69, 9.17) is 5.11 Å². The molecule has 0 aliphatic heterocycles. The van der Waals surface area contributed by atoms with E-state index in [1.165, 1.54) is 0 Å². The molecule has 0 saturated heterocycles. The zero-order chi connectivity index (χ0) is 4.99. The summed E-state index contributed by atoms with van der Waals surface area (Å²) in [5, 5.41) is 7.78. The van der Waals surface area contributed by atoms with Crippen molar-refractivity contribution in [1.29, 1.82) is 0 Å². The Hall–Kier alpha value is 1.25. The SMILES string of the molecule is O=C(CO)OCl.[AlH3].[NaH]. The molecule has 44 valence electrons. The van der Waals surface area contributed by atoms with Crippen LogP contribution in [0, 0.1) is 0 Å². The average molecular weight is 165 g/mol. The Morgan fingerprint density at radius 2 is 2.12 bits per heavy atom. The van der Waals surface area contributed by atoms with Crippen LogP contribution in [0.1, 0.15) is 0 Å². The van der Waals surface area contributed by atoms with Gasteiger partial charge in [-0.15, -0.1) is 0 Å². The fraction of sp³-hybridized carbons (Fsp3) is 0.500. The summed E-state index contributed by atoms with van der Waals surface area (Å²) in [6.07, 6.45) is 0. The van der Waals surface area contributed by atoms with E-state index in [-0.39, 0.29) is 46.9 Å². The molecule has 0 spiro atoms. The summed E-state index contributed by atoms with van der Waals surface area (Å²) in [5.41, 5.74) is 0.